The summed E-state index contributed by atoms with van der Waals surface area (Å²) in [6.07, 6.45) is 6.84. The molecule has 29 heavy (non-hydrogen) atoms. The number of aromatic hydroxyl groups is 1. The van der Waals surface area contributed by atoms with Gasteiger partial charge < -0.3 is 20.5 Å². The number of nitro groups is 1. The summed E-state index contributed by atoms with van der Waals surface area (Å²) < 4.78 is 5.75. The first-order valence-corrected chi connectivity index (χ1v) is 9.83. The van der Waals surface area contributed by atoms with E-state index in [0.717, 1.165) is 44.6 Å². The van der Waals surface area contributed by atoms with Crippen LogP contribution in [0.5, 0.6) is 5.75 Å². The van der Waals surface area contributed by atoms with Crippen molar-refractivity contribution in [2.75, 3.05) is 0 Å². The molecule has 9 heteroatoms. The van der Waals surface area contributed by atoms with Gasteiger partial charge in [-0.25, -0.2) is 9.59 Å². The van der Waals surface area contributed by atoms with E-state index in [1.807, 2.05) is 0 Å². The standard InChI is InChI=1S/C20H25N3O6/c1-12-17(19(25)29-14-7-5-3-2-4-6-8-14)18(22-20(26)21-12)13-9-10-16(24)15(11-13)23(27)28/h9-11,14,18,24H,2-8H2,1H3,(H2,21,22,26)/t18-/m0/s1. The number of rotatable bonds is 4. The topological polar surface area (TPSA) is 131 Å². The van der Waals surface area contributed by atoms with Gasteiger partial charge in [0.15, 0.2) is 5.75 Å². The number of amides is 2. The van der Waals surface area contributed by atoms with Gasteiger partial charge in [0.25, 0.3) is 0 Å². The van der Waals surface area contributed by atoms with E-state index in [-0.39, 0.29) is 11.7 Å². The minimum Gasteiger partial charge on any atom is -0.502 e. The molecular formula is C20H25N3O6. The summed E-state index contributed by atoms with van der Waals surface area (Å²) in [5.41, 5.74) is 0.353. The number of phenolic OH excluding ortho intramolecular Hbond substituents is 1. The van der Waals surface area contributed by atoms with Crippen molar-refractivity contribution in [2.24, 2.45) is 0 Å². The van der Waals surface area contributed by atoms with E-state index >= 15 is 0 Å². The largest absolute Gasteiger partial charge is 0.502 e. The second-order valence-electron chi connectivity index (χ2n) is 7.45. The number of allylic oxidation sites excluding steroid dienone is 1. The third kappa shape index (κ3) is 4.85. The molecule has 1 heterocycles. The molecule has 9 nitrogen and oxygen atoms in total. The number of nitrogens with one attached hydrogen (secondary N) is 2. The Morgan fingerprint density at radius 3 is 2.52 bits per heavy atom. The summed E-state index contributed by atoms with van der Waals surface area (Å²) in [6, 6.07) is 2.33. The summed E-state index contributed by atoms with van der Waals surface area (Å²) >= 11 is 0. The minimum absolute atomic E-state index is 0.185. The average molecular weight is 403 g/mol. The van der Waals surface area contributed by atoms with Crippen LogP contribution < -0.4 is 10.6 Å². The zero-order valence-electron chi connectivity index (χ0n) is 16.3. The van der Waals surface area contributed by atoms with Gasteiger partial charge in [0.05, 0.1) is 16.5 Å². The number of nitro benzene ring substituents is 1. The molecule has 1 aromatic rings. The van der Waals surface area contributed by atoms with E-state index in [1.54, 1.807) is 6.92 Å². The molecule has 0 radical (unpaired) electrons. The molecule has 1 aromatic carbocycles. The molecule has 0 aromatic heterocycles. The molecule has 156 valence electrons. The Morgan fingerprint density at radius 2 is 1.86 bits per heavy atom. The predicted octanol–water partition coefficient (Wildman–Crippen LogP) is 3.58. The van der Waals surface area contributed by atoms with E-state index in [9.17, 15) is 24.8 Å². The van der Waals surface area contributed by atoms with Gasteiger partial charge in [-0.05, 0) is 44.2 Å². The number of carbonyl (C=O) groups is 2. The van der Waals surface area contributed by atoms with Gasteiger partial charge in [-0.1, -0.05) is 25.3 Å². The SMILES string of the molecule is CC1=C(C(=O)OC2CCCCCCC2)[C@H](c2ccc(O)c([N+](=O)[O-])c2)NC(=O)N1. The molecule has 0 saturated heterocycles. The molecule has 1 aliphatic carbocycles. The number of ether oxygens (including phenoxy) is 1. The monoisotopic (exact) mass is 403 g/mol. The van der Waals surface area contributed by atoms with Gasteiger partial charge >= 0.3 is 17.7 Å². The number of hydrogen-bond acceptors (Lipinski definition) is 6. The van der Waals surface area contributed by atoms with Crippen molar-refractivity contribution in [1.82, 2.24) is 10.6 Å². The maximum atomic E-state index is 13.0. The lowest BCUT2D eigenvalue weighted by Gasteiger charge is -2.29. The van der Waals surface area contributed by atoms with Gasteiger partial charge in [0.1, 0.15) is 6.10 Å². The van der Waals surface area contributed by atoms with Crippen molar-refractivity contribution in [1.29, 1.82) is 0 Å². The lowest BCUT2D eigenvalue weighted by molar-refractivity contribution is -0.385. The molecule has 1 saturated carbocycles. The van der Waals surface area contributed by atoms with Crippen molar-refractivity contribution < 1.29 is 24.4 Å². The molecule has 2 aliphatic rings. The highest BCUT2D eigenvalue weighted by atomic mass is 16.6. The molecule has 3 rings (SSSR count). The lowest BCUT2D eigenvalue weighted by atomic mass is 9.94. The van der Waals surface area contributed by atoms with Crippen LogP contribution >= 0.6 is 0 Å². The number of nitrogens with zero attached hydrogens (tertiary/aromatic N) is 1. The molecule has 1 aliphatic heterocycles. The second-order valence-corrected chi connectivity index (χ2v) is 7.45. The Morgan fingerprint density at radius 1 is 1.21 bits per heavy atom. The van der Waals surface area contributed by atoms with Crippen molar-refractivity contribution >= 4 is 17.7 Å². The highest BCUT2D eigenvalue weighted by Gasteiger charge is 2.34. The number of hydrogen-bond donors (Lipinski definition) is 3. The van der Waals surface area contributed by atoms with Gasteiger partial charge in [0, 0.05) is 11.8 Å². The lowest BCUT2D eigenvalue weighted by Crippen LogP contribution is -2.45. The van der Waals surface area contributed by atoms with E-state index < -0.39 is 34.4 Å². The van der Waals surface area contributed by atoms with E-state index in [4.69, 9.17) is 4.74 Å². The quantitative estimate of drug-likeness (QED) is 0.400. The fourth-order valence-electron chi connectivity index (χ4n) is 3.83. The smallest absolute Gasteiger partial charge is 0.338 e. The van der Waals surface area contributed by atoms with E-state index in [1.165, 1.54) is 18.6 Å². The summed E-state index contributed by atoms with van der Waals surface area (Å²) in [4.78, 5) is 35.4. The highest BCUT2D eigenvalue weighted by Crippen LogP contribution is 2.34. The van der Waals surface area contributed by atoms with Crippen molar-refractivity contribution in [2.45, 2.75) is 64.0 Å². The zero-order valence-corrected chi connectivity index (χ0v) is 16.3. The van der Waals surface area contributed by atoms with Crippen molar-refractivity contribution in [3.05, 3.63) is 45.1 Å². The Kier molecular flexibility index (Phi) is 6.36. The summed E-state index contributed by atoms with van der Waals surface area (Å²) in [6.45, 7) is 1.59. The number of urea groups is 1. The molecular weight excluding hydrogens is 378 g/mol. The summed E-state index contributed by atoms with van der Waals surface area (Å²) in [7, 11) is 0. The van der Waals surface area contributed by atoms with Crippen LogP contribution in [-0.4, -0.2) is 28.1 Å². The van der Waals surface area contributed by atoms with Crippen LogP contribution in [0.4, 0.5) is 10.5 Å². The molecule has 0 unspecified atom stereocenters. The Bertz CT molecular complexity index is 843. The predicted molar refractivity (Wildman–Crippen MR) is 104 cm³/mol. The molecule has 1 fully saturated rings. The van der Waals surface area contributed by atoms with E-state index in [2.05, 4.69) is 10.6 Å². The van der Waals surface area contributed by atoms with Crippen LogP contribution in [0.25, 0.3) is 0 Å². The number of phenols is 1. The Labute approximate surface area is 168 Å². The van der Waals surface area contributed by atoms with Gasteiger partial charge in [-0.3, -0.25) is 10.1 Å². The first-order chi connectivity index (χ1) is 13.9. The number of benzene rings is 1. The molecule has 2 amide bonds. The van der Waals surface area contributed by atoms with Gasteiger partial charge in [-0.15, -0.1) is 0 Å². The van der Waals surface area contributed by atoms with Crippen LogP contribution in [0, 0.1) is 10.1 Å². The second kappa shape index (κ2) is 8.93. The van der Waals surface area contributed by atoms with Crippen LogP contribution in [0.1, 0.15) is 63.5 Å². The molecule has 3 N–H and O–H groups in total. The van der Waals surface area contributed by atoms with E-state index in [0.29, 0.717) is 11.3 Å². The molecule has 0 bridgehead atoms. The Hall–Kier alpha value is -3.10. The number of esters is 1. The van der Waals surface area contributed by atoms with Crippen LogP contribution in [0.2, 0.25) is 0 Å². The first-order valence-electron chi connectivity index (χ1n) is 9.83. The minimum atomic E-state index is -0.913. The molecule has 1 atom stereocenters. The fraction of sp³-hybridized carbons (Fsp3) is 0.500. The summed E-state index contributed by atoms with van der Waals surface area (Å²) in [5, 5.41) is 26.1. The van der Waals surface area contributed by atoms with Crippen LogP contribution in [-0.2, 0) is 9.53 Å². The Balaban J connectivity index is 1.88. The average Bonchev–Trinajstić information content (AvgIpc) is 2.63. The summed E-state index contributed by atoms with van der Waals surface area (Å²) in [5.74, 6) is -1.04. The first kappa shape index (κ1) is 20.6. The van der Waals surface area contributed by atoms with Crippen LogP contribution in [0.15, 0.2) is 29.5 Å². The number of carbonyl (C=O) groups excluding carboxylic acids is 2. The zero-order chi connectivity index (χ0) is 21.0. The normalized spacial score (nSPS) is 20.9. The third-order valence-electron chi connectivity index (χ3n) is 5.34. The van der Waals surface area contributed by atoms with Crippen molar-refractivity contribution in [3.63, 3.8) is 0 Å². The van der Waals surface area contributed by atoms with Gasteiger partial charge in [0.2, 0.25) is 0 Å². The maximum Gasteiger partial charge on any atom is 0.338 e. The fourth-order valence-corrected chi connectivity index (χ4v) is 3.83. The maximum absolute atomic E-state index is 13.0. The third-order valence-corrected chi connectivity index (χ3v) is 5.34. The van der Waals surface area contributed by atoms with Gasteiger partial charge in [-0.2, -0.15) is 0 Å². The highest BCUT2D eigenvalue weighted by molar-refractivity contribution is 5.95. The van der Waals surface area contributed by atoms with Crippen LogP contribution in [0.3, 0.4) is 0 Å². The molecule has 0 spiro atoms. The van der Waals surface area contributed by atoms with Crippen molar-refractivity contribution in [3.8, 4) is 5.75 Å².